The van der Waals surface area contributed by atoms with Crippen LogP contribution in [0.25, 0.3) is 6.08 Å². The summed E-state index contributed by atoms with van der Waals surface area (Å²) in [5.41, 5.74) is 3.15. The van der Waals surface area contributed by atoms with Crippen molar-refractivity contribution in [3.63, 3.8) is 0 Å². The summed E-state index contributed by atoms with van der Waals surface area (Å²) < 4.78 is 15.2. The Balaban J connectivity index is 2.15. The van der Waals surface area contributed by atoms with Crippen LogP contribution in [0.4, 0.5) is 0 Å². The molecule has 0 aliphatic rings. The van der Waals surface area contributed by atoms with E-state index in [0.717, 1.165) is 34.6 Å². The predicted molar refractivity (Wildman–Crippen MR) is 89.8 cm³/mol. The number of carbonyl (C=O) groups is 1. The van der Waals surface area contributed by atoms with Gasteiger partial charge in [0.1, 0.15) is 11.5 Å². The largest absolute Gasteiger partial charge is 0.497 e. The molecule has 0 saturated heterocycles. The smallest absolute Gasteiger partial charge is 0.330 e. The molecule has 0 fully saturated rings. The molecular weight excluding hydrogens is 292 g/mol. The second kappa shape index (κ2) is 8.03. The van der Waals surface area contributed by atoms with Gasteiger partial charge in [0.2, 0.25) is 0 Å². The second-order valence-corrected chi connectivity index (χ2v) is 4.95. The summed E-state index contributed by atoms with van der Waals surface area (Å²) in [6, 6.07) is 13.7. The number of esters is 1. The number of methoxy groups -OCH3 is 3. The monoisotopic (exact) mass is 312 g/mol. The van der Waals surface area contributed by atoms with E-state index in [1.807, 2.05) is 42.5 Å². The number of rotatable bonds is 6. The first kappa shape index (κ1) is 16.6. The molecule has 0 N–H and O–H groups in total. The zero-order valence-corrected chi connectivity index (χ0v) is 13.5. The van der Waals surface area contributed by atoms with E-state index in [2.05, 4.69) is 4.74 Å². The fourth-order valence-corrected chi connectivity index (χ4v) is 2.22. The van der Waals surface area contributed by atoms with Crippen molar-refractivity contribution in [1.29, 1.82) is 0 Å². The second-order valence-electron chi connectivity index (χ2n) is 4.95. The van der Waals surface area contributed by atoms with Gasteiger partial charge in [-0.1, -0.05) is 24.3 Å². The summed E-state index contributed by atoms with van der Waals surface area (Å²) in [4.78, 5) is 11.1. The predicted octanol–water partition coefficient (Wildman–Crippen LogP) is 3.48. The highest BCUT2D eigenvalue weighted by Gasteiger charge is 2.06. The molecule has 0 saturated carbocycles. The lowest BCUT2D eigenvalue weighted by molar-refractivity contribution is -0.134. The number of hydrogen-bond acceptors (Lipinski definition) is 4. The van der Waals surface area contributed by atoms with Crippen molar-refractivity contribution in [2.24, 2.45) is 0 Å². The first-order valence-corrected chi connectivity index (χ1v) is 7.22. The van der Waals surface area contributed by atoms with Crippen LogP contribution in [0.1, 0.15) is 16.7 Å². The Bertz CT molecular complexity index is 687. The Kier molecular flexibility index (Phi) is 5.80. The minimum atomic E-state index is -0.366. The van der Waals surface area contributed by atoms with Crippen molar-refractivity contribution < 1.29 is 19.0 Å². The van der Waals surface area contributed by atoms with Crippen molar-refractivity contribution in [3.05, 3.63) is 65.2 Å². The van der Waals surface area contributed by atoms with Crippen molar-refractivity contribution in [1.82, 2.24) is 0 Å². The van der Waals surface area contributed by atoms with Crippen LogP contribution in [0.2, 0.25) is 0 Å². The Labute approximate surface area is 136 Å². The van der Waals surface area contributed by atoms with Crippen molar-refractivity contribution in [2.75, 3.05) is 21.3 Å². The van der Waals surface area contributed by atoms with Gasteiger partial charge in [0, 0.05) is 18.1 Å². The maximum atomic E-state index is 11.1. The third-order valence-electron chi connectivity index (χ3n) is 3.47. The molecule has 0 bridgehead atoms. The van der Waals surface area contributed by atoms with E-state index in [0.29, 0.717) is 0 Å². The van der Waals surface area contributed by atoms with Crippen LogP contribution >= 0.6 is 0 Å². The van der Waals surface area contributed by atoms with Gasteiger partial charge in [-0.25, -0.2) is 4.79 Å². The maximum Gasteiger partial charge on any atom is 0.330 e. The highest BCUT2D eigenvalue weighted by Crippen LogP contribution is 2.26. The SMILES string of the molecule is COC(=O)/C=C/c1ccc(Cc2cc(OC)ccc2OC)cc1. The molecule has 4 heteroatoms. The molecule has 0 heterocycles. The summed E-state index contributed by atoms with van der Waals surface area (Å²) in [5.74, 6) is 1.27. The van der Waals surface area contributed by atoms with Gasteiger partial charge >= 0.3 is 5.97 Å². The zero-order valence-electron chi connectivity index (χ0n) is 13.5. The fraction of sp³-hybridized carbons (Fsp3) is 0.211. The van der Waals surface area contributed by atoms with Crippen LogP contribution in [0.15, 0.2) is 48.5 Å². The molecule has 0 unspecified atom stereocenters. The quantitative estimate of drug-likeness (QED) is 0.605. The summed E-state index contributed by atoms with van der Waals surface area (Å²) >= 11 is 0. The molecule has 23 heavy (non-hydrogen) atoms. The summed E-state index contributed by atoms with van der Waals surface area (Å²) in [5, 5.41) is 0. The van der Waals surface area contributed by atoms with Crippen LogP contribution in [-0.2, 0) is 16.0 Å². The van der Waals surface area contributed by atoms with Gasteiger partial charge in [-0.2, -0.15) is 0 Å². The van der Waals surface area contributed by atoms with Crippen LogP contribution in [-0.4, -0.2) is 27.3 Å². The van der Waals surface area contributed by atoms with Gasteiger partial charge < -0.3 is 14.2 Å². The van der Waals surface area contributed by atoms with Gasteiger partial charge in [0.05, 0.1) is 21.3 Å². The molecule has 120 valence electrons. The van der Waals surface area contributed by atoms with E-state index in [1.165, 1.54) is 13.2 Å². The van der Waals surface area contributed by atoms with Crippen molar-refractivity contribution in [3.8, 4) is 11.5 Å². The number of carbonyl (C=O) groups excluding carboxylic acids is 1. The number of benzene rings is 2. The maximum absolute atomic E-state index is 11.1. The van der Waals surface area contributed by atoms with Gasteiger partial charge in [0.15, 0.2) is 0 Å². The lowest BCUT2D eigenvalue weighted by Gasteiger charge is -2.10. The molecule has 0 aromatic heterocycles. The van der Waals surface area contributed by atoms with Crippen LogP contribution in [0, 0.1) is 0 Å². The zero-order chi connectivity index (χ0) is 16.7. The molecule has 0 aliphatic carbocycles. The average molecular weight is 312 g/mol. The van der Waals surface area contributed by atoms with Gasteiger partial charge in [0.25, 0.3) is 0 Å². The standard InChI is InChI=1S/C19H20O4/c1-21-17-9-10-18(22-2)16(13-17)12-15-6-4-14(5-7-15)8-11-19(20)23-3/h4-11,13H,12H2,1-3H3/b11-8+. The lowest BCUT2D eigenvalue weighted by atomic mass is 10.0. The topological polar surface area (TPSA) is 44.8 Å². The molecule has 0 amide bonds. The summed E-state index contributed by atoms with van der Waals surface area (Å²) in [6.07, 6.45) is 3.86. The molecular formula is C19H20O4. The van der Waals surface area contributed by atoms with E-state index in [-0.39, 0.29) is 5.97 Å². The number of hydrogen-bond donors (Lipinski definition) is 0. The van der Waals surface area contributed by atoms with Crippen molar-refractivity contribution >= 4 is 12.0 Å². The van der Waals surface area contributed by atoms with E-state index in [4.69, 9.17) is 9.47 Å². The first-order valence-electron chi connectivity index (χ1n) is 7.22. The molecule has 2 aromatic rings. The van der Waals surface area contributed by atoms with E-state index >= 15 is 0 Å². The molecule has 2 rings (SSSR count). The van der Waals surface area contributed by atoms with Crippen LogP contribution in [0.3, 0.4) is 0 Å². The summed E-state index contributed by atoms with van der Waals surface area (Å²) in [6.45, 7) is 0. The van der Waals surface area contributed by atoms with E-state index < -0.39 is 0 Å². The van der Waals surface area contributed by atoms with E-state index in [9.17, 15) is 4.79 Å². The minimum absolute atomic E-state index is 0.366. The Morgan fingerprint density at radius 3 is 2.35 bits per heavy atom. The molecule has 4 nitrogen and oxygen atoms in total. The third kappa shape index (κ3) is 4.61. The fourth-order valence-electron chi connectivity index (χ4n) is 2.22. The van der Waals surface area contributed by atoms with Crippen molar-refractivity contribution in [2.45, 2.75) is 6.42 Å². The van der Waals surface area contributed by atoms with Gasteiger partial charge in [-0.3, -0.25) is 0 Å². The highest BCUT2D eigenvalue weighted by atomic mass is 16.5. The molecule has 0 spiro atoms. The summed E-state index contributed by atoms with van der Waals surface area (Å²) in [7, 11) is 4.66. The number of ether oxygens (including phenoxy) is 3. The third-order valence-corrected chi connectivity index (χ3v) is 3.47. The van der Waals surface area contributed by atoms with Gasteiger partial charge in [-0.05, 0) is 35.4 Å². The van der Waals surface area contributed by atoms with Gasteiger partial charge in [-0.15, -0.1) is 0 Å². The molecule has 0 atom stereocenters. The molecule has 2 aromatic carbocycles. The van der Waals surface area contributed by atoms with Crippen LogP contribution < -0.4 is 9.47 Å². The normalized spacial score (nSPS) is 10.6. The molecule has 0 aliphatic heterocycles. The molecule has 0 radical (unpaired) electrons. The highest BCUT2D eigenvalue weighted by molar-refractivity contribution is 5.86. The average Bonchev–Trinajstić information content (AvgIpc) is 2.60. The Hall–Kier alpha value is -2.75. The Morgan fingerprint density at radius 1 is 1.00 bits per heavy atom. The first-order chi connectivity index (χ1) is 11.2. The van der Waals surface area contributed by atoms with Crippen LogP contribution in [0.5, 0.6) is 11.5 Å². The lowest BCUT2D eigenvalue weighted by Crippen LogP contribution is -1.95. The Morgan fingerprint density at radius 2 is 1.74 bits per heavy atom. The minimum Gasteiger partial charge on any atom is -0.497 e. The van der Waals surface area contributed by atoms with E-state index in [1.54, 1.807) is 20.3 Å².